The van der Waals surface area contributed by atoms with Crippen LogP contribution in [0.3, 0.4) is 0 Å². The van der Waals surface area contributed by atoms with Crippen LogP contribution in [0.25, 0.3) is 111 Å². The molecule has 0 aliphatic heterocycles. The molecule has 262 valence electrons. The molecular weight excluding hydrogens is 687 g/mol. The van der Waals surface area contributed by atoms with Gasteiger partial charge in [0.25, 0.3) is 0 Å². The number of aromatic nitrogens is 3. The molecule has 0 unspecified atom stereocenters. The molecule has 5 heteroatoms. The molecule has 0 fully saturated rings. The fourth-order valence-electron chi connectivity index (χ4n) is 7.85. The molecule has 0 N–H and O–H groups in total. The summed E-state index contributed by atoms with van der Waals surface area (Å²) >= 11 is 0. The third-order valence-corrected chi connectivity index (χ3v) is 10.7. The summed E-state index contributed by atoms with van der Waals surface area (Å²) in [6.07, 6.45) is 3.63. The maximum atomic E-state index is 6.66. The molecular formula is C51H31N3O2. The first-order valence-electron chi connectivity index (χ1n) is 18.7. The molecule has 0 radical (unpaired) electrons. The summed E-state index contributed by atoms with van der Waals surface area (Å²) in [6.45, 7) is 0. The molecule has 7 aromatic carbocycles. The Morgan fingerprint density at radius 1 is 0.339 bits per heavy atom. The quantitative estimate of drug-likeness (QED) is 0.171. The number of hydrogen-bond donors (Lipinski definition) is 0. The zero-order valence-corrected chi connectivity index (χ0v) is 30.1. The van der Waals surface area contributed by atoms with E-state index in [0.29, 0.717) is 5.82 Å². The molecule has 5 nitrogen and oxygen atoms in total. The van der Waals surface area contributed by atoms with Crippen molar-refractivity contribution < 1.29 is 8.83 Å². The van der Waals surface area contributed by atoms with Crippen molar-refractivity contribution in [1.29, 1.82) is 0 Å². The maximum absolute atomic E-state index is 6.66. The van der Waals surface area contributed by atoms with Crippen molar-refractivity contribution >= 4 is 43.9 Å². The largest absolute Gasteiger partial charge is 0.456 e. The summed E-state index contributed by atoms with van der Waals surface area (Å²) in [7, 11) is 0. The minimum absolute atomic E-state index is 0.684. The lowest BCUT2D eigenvalue weighted by Crippen LogP contribution is -1.96. The van der Waals surface area contributed by atoms with Gasteiger partial charge in [0.2, 0.25) is 0 Å². The Morgan fingerprint density at radius 3 is 1.62 bits per heavy atom. The lowest BCUT2D eigenvalue weighted by Gasteiger charge is -2.11. The molecule has 0 atom stereocenters. The lowest BCUT2D eigenvalue weighted by atomic mass is 9.93. The van der Waals surface area contributed by atoms with E-state index in [1.54, 1.807) is 0 Å². The number of benzene rings is 7. The van der Waals surface area contributed by atoms with Crippen molar-refractivity contribution in [2.24, 2.45) is 0 Å². The Bertz CT molecular complexity index is 3220. The van der Waals surface area contributed by atoms with E-state index in [1.807, 2.05) is 73.1 Å². The summed E-state index contributed by atoms with van der Waals surface area (Å²) in [4.78, 5) is 14.3. The van der Waals surface area contributed by atoms with E-state index in [4.69, 9.17) is 18.8 Å². The van der Waals surface area contributed by atoms with Crippen LogP contribution in [-0.2, 0) is 0 Å². The van der Waals surface area contributed by atoms with Gasteiger partial charge in [0, 0.05) is 56.2 Å². The van der Waals surface area contributed by atoms with Crippen molar-refractivity contribution in [3.05, 3.63) is 188 Å². The SMILES string of the molecule is c1ccc(-c2nc(-c3ccc(-c4ccncc4)cc3)cc(-c3ccc(-c4ccc(-c5ccc6c(c5)oc5ccccc56)c5oc6ccccc6c45)cc3)n2)cc1. The molecule has 0 aliphatic carbocycles. The van der Waals surface area contributed by atoms with Crippen LogP contribution in [-0.4, -0.2) is 15.0 Å². The number of furan rings is 2. The fourth-order valence-corrected chi connectivity index (χ4v) is 7.85. The zero-order chi connectivity index (χ0) is 37.0. The van der Waals surface area contributed by atoms with Crippen LogP contribution in [0.4, 0.5) is 0 Å². The highest BCUT2D eigenvalue weighted by atomic mass is 16.3. The van der Waals surface area contributed by atoms with Gasteiger partial charge < -0.3 is 8.83 Å². The standard InChI is InChI=1S/C51H31N3O2/c1-2-8-37(9-3-1)51-53-44(35-18-14-32(15-19-35)33-26-28-52-29-27-33)31-45(54-51)36-20-16-34(17-21-36)39-24-25-40(50-49(39)43-11-5-7-13-47(43)56-50)38-22-23-42-41-10-4-6-12-46(41)55-48(42)30-38/h1-31H. The predicted octanol–water partition coefficient (Wildman–Crippen LogP) is 13.7. The summed E-state index contributed by atoms with van der Waals surface area (Å²) in [5.74, 6) is 0.684. The van der Waals surface area contributed by atoms with Crippen LogP contribution in [0.2, 0.25) is 0 Å². The van der Waals surface area contributed by atoms with Crippen LogP contribution in [0.15, 0.2) is 197 Å². The first-order valence-corrected chi connectivity index (χ1v) is 18.7. The molecule has 11 rings (SSSR count). The van der Waals surface area contributed by atoms with Crippen LogP contribution in [0, 0.1) is 0 Å². The normalized spacial score (nSPS) is 11.6. The van der Waals surface area contributed by atoms with Gasteiger partial charge in [0.15, 0.2) is 5.82 Å². The molecule has 56 heavy (non-hydrogen) atoms. The summed E-state index contributed by atoms with van der Waals surface area (Å²) in [5.41, 5.74) is 14.7. The van der Waals surface area contributed by atoms with E-state index in [2.05, 4.69) is 120 Å². The topological polar surface area (TPSA) is 65.0 Å². The Balaban J connectivity index is 1.00. The van der Waals surface area contributed by atoms with Gasteiger partial charge in [0.1, 0.15) is 22.3 Å². The van der Waals surface area contributed by atoms with Crippen LogP contribution >= 0.6 is 0 Å². The predicted molar refractivity (Wildman–Crippen MR) is 227 cm³/mol. The van der Waals surface area contributed by atoms with Gasteiger partial charge in [-0.1, -0.05) is 127 Å². The molecule has 11 aromatic rings. The first-order chi connectivity index (χ1) is 27.7. The third-order valence-electron chi connectivity index (χ3n) is 10.7. The number of fused-ring (bicyclic) bond motifs is 6. The summed E-state index contributed by atoms with van der Waals surface area (Å²) in [6, 6.07) is 60.7. The van der Waals surface area contributed by atoms with Crippen molar-refractivity contribution in [3.63, 3.8) is 0 Å². The average Bonchev–Trinajstić information content (AvgIpc) is 3.85. The second kappa shape index (κ2) is 13.0. The van der Waals surface area contributed by atoms with E-state index < -0.39 is 0 Å². The fraction of sp³-hybridized carbons (Fsp3) is 0. The van der Waals surface area contributed by atoms with Crippen molar-refractivity contribution in [3.8, 4) is 67.3 Å². The second-order valence-electron chi connectivity index (χ2n) is 14.0. The van der Waals surface area contributed by atoms with E-state index in [9.17, 15) is 0 Å². The lowest BCUT2D eigenvalue weighted by molar-refractivity contribution is 0.668. The molecule has 0 bridgehead atoms. The van der Waals surface area contributed by atoms with Crippen LogP contribution < -0.4 is 0 Å². The molecule has 4 aromatic heterocycles. The minimum atomic E-state index is 0.684. The Hall–Kier alpha value is -7.63. The highest BCUT2D eigenvalue weighted by Crippen LogP contribution is 2.43. The van der Waals surface area contributed by atoms with Gasteiger partial charge in [-0.15, -0.1) is 0 Å². The van der Waals surface area contributed by atoms with E-state index in [-0.39, 0.29) is 0 Å². The highest BCUT2D eigenvalue weighted by molar-refractivity contribution is 6.17. The molecule has 0 spiro atoms. The van der Waals surface area contributed by atoms with Crippen molar-refractivity contribution in [2.75, 3.05) is 0 Å². The number of nitrogens with zero attached hydrogens (tertiary/aromatic N) is 3. The average molecular weight is 718 g/mol. The van der Waals surface area contributed by atoms with Crippen molar-refractivity contribution in [2.45, 2.75) is 0 Å². The van der Waals surface area contributed by atoms with Gasteiger partial charge >= 0.3 is 0 Å². The maximum Gasteiger partial charge on any atom is 0.160 e. The Kier molecular flexibility index (Phi) is 7.42. The van der Waals surface area contributed by atoms with Gasteiger partial charge in [0.05, 0.1) is 11.4 Å². The third kappa shape index (κ3) is 5.45. The minimum Gasteiger partial charge on any atom is -0.456 e. The summed E-state index contributed by atoms with van der Waals surface area (Å²) in [5, 5.41) is 4.39. The number of rotatable bonds is 6. The molecule has 0 aliphatic rings. The zero-order valence-electron chi connectivity index (χ0n) is 30.1. The monoisotopic (exact) mass is 717 g/mol. The smallest absolute Gasteiger partial charge is 0.160 e. The van der Waals surface area contributed by atoms with Gasteiger partial charge in [-0.2, -0.15) is 0 Å². The summed E-state index contributed by atoms with van der Waals surface area (Å²) < 4.78 is 12.9. The molecule has 0 saturated carbocycles. The second-order valence-corrected chi connectivity index (χ2v) is 14.0. The Morgan fingerprint density at radius 2 is 0.893 bits per heavy atom. The molecule has 4 heterocycles. The molecule has 0 amide bonds. The first kappa shape index (κ1) is 31.9. The van der Waals surface area contributed by atoms with Crippen LogP contribution in [0.5, 0.6) is 0 Å². The van der Waals surface area contributed by atoms with Crippen LogP contribution in [0.1, 0.15) is 0 Å². The number of para-hydroxylation sites is 2. The number of pyridine rings is 1. The number of hydrogen-bond acceptors (Lipinski definition) is 5. The van der Waals surface area contributed by atoms with Crippen molar-refractivity contribution in [1.82, 2.24) is 15.0 Å². The molecule has 0 saturated heterocycles. The van der Waals surface area contributed by atoms with Gasteiger partial charge in [-0.05, 0) is 76.3 Å². The van der Waals surface area contributed by atoms with E-state index in [1.165, 1.54) is 0 Å². The van der Waals surface area contributed by atoms with Gasteiger partial charge in [-0.25, -0.2) is 9.97 Å². The highest BCUT2D eigenvalue weighted by Gasteiger charge is 2.19. The van der Waals surface area contributed by atoms with Gasteiger partial charge in [-0.3, -0.25) is 4.98 Å². The van der Waals surface area contributed by atoms with E-state index in [0.717, 1.165) is 105 Å². The van der Waals surface area contributed by atoms with E-state index >= 15 is 0 Å². The Labute approximate surface area is 322 Å².